The number of carbonyl (C=O) groups is 1. The first kappa shape index (κ1) is 8.69. The maximum Gasteiger partial charge on any atom is 0.244 e. The number of nitrogens with two attached hydrogens (primary N) is 1. The molecule has 0 aromatic rings. The van der Waals surface area contributed by atoms with Gasteiger partial charge in [0.2, 0.25) is 5.91 Å². The van der Waals surface area contributed by atoms with Gasteiger partial charge in [0.25, 0.3) is 0 Å². The summed E-state index contributed by atoms with van der Waals surface area (Å²) >= 11 is 3.26. The Morgan fingerprint density at radius 1 is 1.78 bits per heavy atom. The summed E-state index contributed by atoms with van der Waals surface area (Å²) in [6, 6.07) is 0. The van der Waals surface area contributed by atoms with Crippen LogP contribution in [0.1, 0.15) is 13.8 Å². The second-order valence-electron chi connectivity index (χ2n) is 1.89. The van der Waals surface area contributed by atoms with Crippen LogP contribution in [0.2, 0.25) is 0 Å². The summed E-state index contributed by atoms with van der Waals surface area (Å²) in [6.07, 6.45) is 1.77. The second kappa shape index (κ2) is 3.67. The molecule has 52 valence electrons. The fourth-order valence-electron chi connectivity index (χ4n) is 0.427. The van der Waals surface area contributed by atoms with Gasteiger partial charge in [0.05, 0.1) is 0 Å². The topological polar surface area (TPSA) is 43.1 Å². The van der Waals surface area contributed by atoms with Gasteiger partial charge in [0.1, 0.15) is 0 Å². The number of primary amides is 1. The number of carbonyl (C=O) groups excluding carboxylic acids is 1. The van der Waals surface area contributed by atoms with Gasteiger partial charge in [-0.3, -0.25) is 4.79 Å². The van der Waals surface area contributed by atoms with E-state index in [4.69, 9.17) is 5.73 Å². The normalized spacial score (nSPS) is 15.2. The number of hydrogen-bond acceptors (Lipinski definition) is 1. The quantitative estimate of drug-likeness (QED) is 0.518. The van der Waals surface area contributed by atoms with E-state index in [0.29, 0.717) is 5.57 Å². The summed E-state index contributed by atoms with van der Waals surface area (Å²) < 4.78 is 0. The molecule has 0 aliphatic carbocycles. The van der Waals surface area contributed by atoms with Crippen molar-refractivity contribution < 1.29 is 4.79 Å². The van der Waals surface area contributed by atoms with E-state index in [1.165, 1.54) is 0 Å². The molecule has 0 aliphatic rings. The summed E-state index contributed by atoms with van der Waals surface area (Å²) in [4.78, 5) is 10.6. The molecule has 0 rings (SSSR count). The van der Waals surface area contributed by atoms with E-state index in [-0.39, 0.29) is 10.7 Å². The lowest BCUT2D eigenvalue weighted by Gasteiger charge is -1.94. The Bertz CT molecular complexity index is 140. The summed E-state index contributed by atoms with van der Waals surface area (Å²) in [5.41, 5.74) is 5.55. The zero-order valence-electron chi connectivity index (χ0n) is 5.52. The Kier molecular flexibility index (Phi) is 3.54. The van der Waals surface area contributed by atoms with E-state index in [1.807, 2.05) is 6.92 Å². The third-order valence-corrected chi connectivity index (χ3v) is 1.13. The third-order valence-electron chi connectivity index (χ3n) is 0.868. The summed E-state index contributed by atoms with van der Waals surface area (Å²) in [5, 5.41) is 0. The number of hydrogen-bond donors (Lipinski definition) is 1. The average Bonchev–Trinajstić information content (AvgIpc) is 1.63. The molecule has 2 nitrogen and oxygen atoms in total. The van der Waals surface area contributed by atoms with Crippen molar-refractivity contribution in [2.24, 2.45) is 5.73 Å². The Balaban J connectivity index is 4.00. The molecule has 0 saturated carbocycles. The van der Waals surface area contributed by atoms with Crippen molar-refractivity contribution in [3.05, 3.63) is 11.6 Å². The molecule has 1 amide bonds. The van der Waals surface area contributed by atoms with E-state index in [2.05, 4.69) is 15.9 Å². The van der Waals surface area contributed by atoms with Crippen molar-refractivity contribution in [3.8, 4) is 0 Å². The molecule has 0 spiro atoms. The van der Waals surface area contributed by atoms with Crippen molar-refractivity contribution >= 4 is 21.8 Å². The Labute approximate surface area is 63.2 Å². The molecule has 0 bridgehead atoms. The van der Waals surface area contributed by atoms with Crippen LogP contribution in [0.3, 0.4) is 0 Å². The van der Waals surface area contributed by atoms with Crippen molar-refractivity contribution in [2.75, 3.05) is 0 Å². The molecule has 0 radical (unpaired) electrons. The predicted molar refractivity (Wildman–Crippen MR) is 41.3 cm³/mol. The second-order valence-corrected chi connectivity index (χ2v) is 3.34. The van der Waals surface area contributed by atoms with Crippen molar-refractivity contribution in [3.63, 3.8) is 0 Å². The highest BCUT2D eigenvalue weighted by atomic mass is 79.9. The van der Waals surface area contributed by atoms with Crippen LogP contribution in [0, 0.1) is 0 Å². The molecular weight excluding hydrogens is 182 g/mol. The fourth-order valence-corrected chi connectivity index (χ4v) is 0.823. The average molecular weight is 192 g/mol. The van der Waals surface area contributed by atoms with Crippen LogP contribution < -0.4 is 5.73 Å². The van der Waals surface area contributed by atoms with Crippen molar-refractivity contribution in [1.82, 2.24) is 0 Å². The van der Waals surface area contributed by atoms with Gasteiger partial charge in [0, 0.05) is 10.4 Å². The highest BCUT2D eigenvalue weighted by Crippen LogP contribution is 2.02. The highest BCUT2D eigenvalue weighted by Gasteiger charge is 1.97. The van der Waals surface area contributed by atoms with Crippen molar-refractivity contribution in [2.45, 2.75) is 18.7 Å². The Morgan fingerprint density at radius 3 is 2.33 bits per heavy atom. The molecule has 0 saturated heterocycles. The number of halogens is 1. The minimum absolute atomic E-state index is 0.213. The first-order valence-corrected chi connectivity index (χ1v) is 3.58. The minimum Gasteiger partial charge on any atom is -0.366 e. The van der Waals surface area contributed by atoms with Crippen molar-refractivity contribution in [1.29, 1.82) is 0 Å². The third kappa shape index (κ3) is 4.21. The molecule has 0 aromatic carbocycles. The molecule has 0 aromatic heterocycles. The van der Waals surface area contributed by atoms with Gasteiger partial charge >= 0.3 is 0 Å². The Hall–Kier alpha value is -0.310. The SMILES string of the molecule is CC(=CC(C)Br)C(N)=O. The molecule has 2 N–H and O–H groups in total. The first-order valence-electron chi connectivity index (χ1n) is 2.66. The largest absolute Gasteiger partial charge is 0.366 e. The maximum absolute atomic E-state index is 10.4. The lowest BCUT2D eigenvalue weighted by atomic mass is 10.2. The summed E-state index contributed by atoms with van der Waals surface area (Å²) in [7, 11) is 0. The monoisotopic (exact) mass is 191 g/mol. The fraction of sp³-hybridized carbons (Fsp3) is 0.500. The zero-order valence-corrected chi connectivity index (χ0v) is 7.10. The van der Waals surface area contributed by atoms with Crippen LogP contribution in [-0.4, -0.2) is 10.7 Å². The van der Waals surface area contributed by atoms with Crippen LogP contribution >= 0.6 is 15.9 Å². The Morgan fingerprint density at radius 2 is 2.22 bits per heavy atom. The van der Waals surface area contributed by atoms with Gasteiger partial charge < -0.3 is 5.73 Å². The van der Waals surface area contributed by atoms with Gasteiger partial charge in [-0.1, -0.05) is 22.0 Å². The van der Waals surface area contributed by atoms with Gasteiger partial charge in [-0.2, -0.15) is 0 Å². The minimum atomic E-state index is -0.360. The number of rotatable bonds is 2. The molecule has 3 heteroatoms. The van der Waals surface area contributed by atoms with E-state index in [0.717, 1.165) is 0 Å². The highest BCUT2D eigenvalue weighted by molar-refractivity contribution is 9.09. The predicted octanol–water partition coefficient (Wildman–Crippen LogP) is 1.20. The van der Waals surface area contributed by atoms with E-state index in [9.17, 15) is 4.79 Å². The summed E-state index contributed by atoms with van der Waals surface area (Å²) in [5.74, 6) is -0.360. The standard InChI is InChI=1S/C6H10BrNO/c1-4(6(8)9)3-5(2)7/h3,5H,1-2H3,(H2,8,9). The van der Waals surface area contributed by atoms with Gasteiger partial charge in [0.15, 0.2) is 0 Å². The summed E-state index contributed by atoms with van der Waals surface area (Å²) in [6.45, 7) is 3.62. The van der Waals surface area contributed by atoms with Gasteiger partial charge in [-0.05, 0) is 13.8 Å². The molecule has 0 heterocycles. The molecule has 0 aliphatic heterocycles. The van der Waals surface area contributed by atoms with Crippen LogP contribution in [0.5, 0.6) is 0 Å². The molecular formula is C6H10BrNO. The zero-order chi connectivity index (χ0) is 7.44. The van der Waals surface area contributed by atoms with Gasteiger partial charge in [-0.15, -0.1) is 0 Å². The maximum atomic E-state index is 10.4. The van der Waals surface area contributed by atoms with E-state index < -0.39 is 0 Å². The molecule has 0 fully saturated rings. The van der Waals surface area contributed by atoms with Crippen LogP contribution in [0.4, 0.5) is 0 Å². The number of allylic oxidation sites excluding steroid dienone is 1. The molecule has 9 heavy (non-hydrogen) atoms. The van der Waals surface area contributed by atoms with Crippen LogP contribution in [0.25, 0.3) is 0 Å². The van der Waals surface area contributed by atoms with E-state index in [1.54, 1.807) is 13.0 Å². The lowest BCUT2D eigenvalue weighted by Crippen LogP contribution is -2.12. The first-order chi connectivity index (χ1) is 4.04. The van der Waals surface area contributed by atoms with Crippen LogP contribution in [-0.2, 0) is 4.79 Å². The van der Waals surface area contributed by atoms with E-state index >= 15 is 0 Å². The van der Waals surface area contributed by atoms with Gasteiger partial charge in [-0.25, -0.2) is 0 Å². The molecule has 1 atom stereocenters. The number of amides is 1. The molecule has 1 unspecified atom stereocenters. The number of alkyl halides is 1. The smallest absolute Gasteiger partial charge is 0.244 e. The lowest BCUT2D eigenvalue weighted by molar-refractivity contribution is -0.114. The van der Waals surface area contributed by atoms with Crippen LogP contribution in [0.15, 0.2) is 11.6 Å².